The number of rotatable bonds is 4. The molecule has 2 aliphatic rings. The first-order valence-electron chi connectivity index (χ1n) is 6.20. The lowest BCUT2D eigenvalue weighted by Crippen LogP contribution is -2.31. The fourth-order valence-corrected chi connectivity index (χ4v) is 5.09. The van der Waals surface area contributed by atoms with Crippen LogP contribution < -0.4 is 5.32 Å². The maximum absolute atomic E-state index is 3.54. The molecule has 0 amide bonds. The van der Waals surface area contributed by atoms with Crippen molar-refractivity contribution in [3.8, 4) is 0 Å². The van der Waals surface area contributed by atoms with Crippen LogP contribution in [0, 0.1) is 17.8 Å². The van der Waals surface area contributed by atoms with Crippen molar-refractivity contribution in [1.82, 2.24) is 5.32 Å². The quantitative estimate of drug-likeness (QED) is 0.894. The molecule has 0 radical (unpaired) electrons. The Bertz CT molecular complexity index is 366. The van der Waals surface area contributed by atoms with Gasteiger partial charge in [0.15, 0.2) is 0 Å². The summed E-state index contributed by atoms with van der Waals surface area (Å²) in [7, 11) is 2.13. The van der Waals surface area contributed by atoms with Gasteiger partial charge in [0.25, 0.3) is 0 Å². The van der Waals surface area contributed by atoms with Crippen LogP contribution >= 0.6 is 27.3 Å². The first kappa shape index (κ1) is 11.2. The second-order valence-electron chi connectivity index (χ2n) is 5.17. The molecule has 1 heterocycles. The highest BCUT2D eigenvalue weighted by Crippen LogP contribution is 2.59. The fraction of sp³-hybridized carbons (Fsp3) is 0.692. The van der Waals surface area contributed by atoms with E-state index >= 15 is 0 Å². The van der Waals surface area contributed by atoms with Gasteiger partial charge in [0.2, 0.25) is 0 Å². The first-order valence-corrected chi connectivity index (χ1v) is 7.87. The summed E-state index contributed by atoms with van der Waals surface area (Å²) in [5.74, 6) is 3.08. The molecule has 2 fully saturated rings. The van der Waals surface area contributed by atoms with Crippen LogP contribution in [0.4, 0.5) is 0 Å². The molecule has 3 rings (SSSR count). The van der Waals surface area contributed by atoms with E-state index in [1.807, 2.05) is 11.3 Å². The van der Waals surface area contributed by atoms with E-state index in [-0.39, 0.29) is 0 Å². The van der Waals surface area contributed by atoms with Crippen molar-refractivity contribution < 1.29 is 0 Å². The summed E-state index contributed by atoms with van der Waals surface area (Å²) in [6.45, 7) is 0. The normalized spacial score (nSPS) is 33.8. The summed E-state index contributed by atoms with van der Waals surface area (Å²) in [6, 6.07) is 2.98. The third-order valence-electron chi connectivity index (χ3n) is 4.35. The molecule has 0 saturated heterocycles. The van der Waals surface area contributed by atoms with Crippen molar-refractivity contribution in [3.63, 3.8) is 0 Å². The van der Waals surface area contributed by atoms with Crippen molar-refractivity contribution in [2.24, 2.45) is 17.8 Å². The minimum Gasteiger partial charge on any atom is -0.316 e. The molecule has 0 aromatic carbocycles. The number of hydrogen-bond donors (Lipinski definition) is 1. The van der Waals surface area contributed by atoms with Crippen LogP contribution in [-0.2, 0) is 6.42 Å². The highest BCUT2D eigenvalue weighted by molar-refractivity contribution is 9.10. The van der Waals surface area contributed by atoms with E-state index in [0.29, 0.717) is 6.04 Å². The van der Waals surface area contributed by atoms with Crippen molar-refractivity contribution in [1.29, 1.82) is 0 Å². The predicted molar refractivity (Wildman–Crippen MR) is 72.9 cm³/mol. The summed E-state index contributed by atoms with van der Waals surface area (Å²) < 4.78 is 1.23. The highest BCUT2D eigenvalue weighted by atomic mass is 79.9. The molecule has 2 aliphatic carbocycles. The summed E-state index contributed by atoms with van der Waals surface area (Å²) in [4.78, 5) is 1.51. The number of halogens is 1. The molecule has 1 aromatic rings. The topological polar surface area (TPSA) is 12.0 Å². The zero-order chi connectivity index (χ0) is 11.1. The molecule has 0 spiro atoms. The van der Waals surface area contributed by atoms with Gasteiger partial charge in [-0.2, -0.15) is 0 Å². The summed E-state index contributed by atoms with van der Waals surface area (Å²) in [5.41, 5.74) is 0. The van der Waals surface area contributed by atoms with Gasteiger partial charge in [0, 0.05) is 20.8 Å². The van der Waals surface area contributed by atoms with Gasteiger partial charge in [0.1, 0.15) is 0 Å². The molecular weight excluding hydrogens is 282 g/mol. The summed E-state index contributed by atoms with van der Waals surface area (Å²) in [6.07, 6.45) is 5.67. The van der Waals surface area contributed by atoms with Gasteiger partial charge in [-0.1, -0.05) is 6.42 Å². The van der Waals surface area contributed by atoms with Gasteiger partial charge >= 0.3 is 0 Å². The molecule has 88 valence electrons. The molecule has 3 atom stereocenters. The van der Waals surface area contributed by atoms with Gasteiger partial charge in [-0.15, -0.1) is 11.3 Å². The Hall–Kier alpha value is 0.140. The molecule has 16 heavy (non-hydrogen) atoms. The van der Waals surface area contributed by atoms with Gasteiger partial charge in [0.05, 0.1) is 0 Å². The minimum absolute atomic E-state index is 0.709. The molecule has 1 aromatic heterocycles. The van der Waals surface area contributed by atoms with E-state index in [9.17, 15) is 0 Å². The van der Waals surface area contributed by atoms with Crippen molar-refractivity contribution in [2.45, 2.75) is 31.7 Å². The Morgan fingerprint density at radius 1 is 1.50 bits per heavy atom. The molecule has 1 N–H and O–H groups in total. The Kier molecular flexibility index (Phi) is 3.11. The minimum atomic E-state index is 0.709. The van der Waals surface area contributed by atoms with Crippen LogP contribution in [0.2, 0.25) is 0 Å². The van der Waals surface area contributed by atoms with Crippen LogP contribution in [0.15, 0.2) is 15.9 Å². The van der Waals surface area contributed by atoms with E-state index in [1.54, 1.807) is 0 Å². The van der Waals surface area contributed by atoms with Crippen LogP contribution in [0.5, 0.6) is 0 Å². The van der Waals surface area contributed by atoms with E-state index in [0.717, 1.165) is 17.8 Å². The summed E-state index contributed by atoms with van der Waals surface area (Å²) in [5, 5.41) is 5.73. The predicted octanol–water partition coefficient (Wildman–Crippen LogP) is 3.69. The number of likely N-dealkylation sites (N-methyl/N-ethyl adjacent to an activating group) is 1. The number of hydrogen-bond acceptors (Lipinski definition) is 2. The zero-order valence-corrected chi connectivity index (χ0v) is 12.0. The van der Waals surface area contributed by atoms with E-state index in [2.05, 4.69) is 39.7 Å². The fourth-order valence-electron chi connectivity index (χ4n) is 3.58. The van der Waals surface area contributed by atoms with Gasteiger partial charge in [-0.05, 0) is 66.1 Å². The lowest BCUT2D eigenvalue weighted by Gasteiger charge is -2.17. The smallest absolute Gasteiger partial charge is 0.0285 e. The second kappa shape index (κ2) is 4.43. The lowest BCUT2D eigenvalue weighted by molar-refractivity contribution is 0.430. The van der Waals surface area contributed by atoms with Crippen LogP contribution in [0.25, 0.3) is 0 Å². The average Bonchev–Trinajstić information content (AvgIpc) is 2.70. The largest absolute Gasteiger partial charge is 0.316 e. The standard InChI is InChI=1S/C13H18BrNS/c1-15-12(6-9-5-8(14)7-16-9)13-10-3-2-4-11(10)13/h5,7,10-13,15H,2-4,6H2,1H3. The maximum Gasteiger partial charge on any atom is 0.0285 e. The second-order valence-corrected chi connectivity index (χ2v) is 7.08. The molecule has 3 heteroatoms. The molecule has 3 unspecified atom stereocenters. The highest BCUT2D eigenvalue weighted by Gasteiger charge is 2.55. The Morgan fingerprint density at radius 3 is 2.81 bits per heavy atom. The molecule has 0 bridgehead atoms. The average molecular weight is 300 g/mol. The maximum atomic E-state index is 3.54. The SMILES string of the molecule is CNC(Cc1cc(Br)cs1)C1C2CCCC21. The Morgan fingerprint density at radius 2 is 2.25 bits per heavy atom. The monoisotopic (exact) mass is 299 g/mol. The van der Waals surface area contributed by atoms with E-state index in [1.165, 1.54) is 35.0 Å². The van der Waals surface area contributed by atoms with Crippen LogP contribution in [0.1, 0.15) is 24.1 Å². The van der Waals surface area contributed by atoms with Gasteiger partial charge in [-0.25, -0.2) is 0 Å². The van der Waals surface area contributed by atoms with Crippen LogP contribution in [-0.4, -0.2) is 13.1 Å². The Labute approximate surface area is 110 Å². The molecule has 1 nitrogen and oxygen atoms in total. The zero-order valence-electron chi connectivity index (χ0n) is 9.58. The molecule has 0 aliphatic heterocycles. The van der Waals surface area contributed by atoms with Crippen molar-refractivity contribution in [2.75, 3.05) is 7.05 Å². The van der Waals surface area contributed by atoms with Gasteiger partial charge in [-0.3, -0.25) is 0 Å². The van der Waals surface area contributed by atoms with Gasteiger partial charge < -0.3 is 5.32 Å². The third kappa shape index (κ3) is 1.98. The first-order chi connectivity index (χ1) is 7.79. The summed E-state index contributed by atoms with van der Waals surface area (Å²) >= 11 is 5.41. The van der Waals surface area contributed by atoms with Crippen molar-refractivity contribution in [3.05, 3.63) is 20.8 Å². The van der Waals surface area contributed by atoms with Crippen LogP contribution in [0.3, 0.4) is 0 Å². The number of thiophene rings is 1. The molecular formula is C13H18BrNS. The number of nitrogens with one attached hydrogen (secondary N) is 1. The Balaban J connectivity index is 1.64. The number of fused-ring (bicyclic) bond motifs is 1. The molecule has 2 saturated carbocycles. The third-order valence-corrected chi connectivity index (χ3v) is 6.07. The van der Waals surface area contributed by atoms with Crippen molar-refractivity contribution >= 4 is 27.3 Å². The van der Waals surface area contributed by atoms with E-state index in [4.69, 9.17) is 0 Å². The lowest BCUT2D eigenvalue weighted by atomic mass is 10.0. The van der Waals surface area contributed by atoms with E-state index < -0.39 is 0 Å².